The number of benzene rings is 4. The molecule has 0 spiro atoms. The van der Waals surface area contributed by atoms with Crippen LogP contribution in [-0.4, -0.2) is 45.0 Å². The van der Waals surface area contributed by atoms with Crippen molar-refractivity contribution in [2.24, 2.45) is 0 Å². The lowest BCUT2D eigenvalue weighted by Gasteiger charge is -2.22. The van der Waals surface area contributed by atoms with Crippen molar-refractivity contribution in [1.29, 1.82) is 0 Å². The summed E-state index contributed by atoms with van der Waals surface area (Å²) in [5, 5.41) is 21.9. The Balaban J connectivity index is 0.000000219. The van der Waals surface area contributed by atoms with Gasteiger partial charge in [-0.25, -0.2) is 4.79 Å². The van der Waals surface area contributed by atoms with E-state index in [-0.39, 0.29) is 47.1 Å². The maximum atomic E-state index is 12.6. The molecule has 0 atom stereocenters. The largest absolute Gasteiger partial charge is 0.496 e. The van der Waals surface area contributed by atoms with Crippen LogP contribution in [0.2, 0.25) is 10.0 Å². The minimum atomic E-state index is -1.08. The number of carbonyl (C=O) groups is 2. The molecule has 1 aromatic heterocycles. The number of fused-ring (bicyclic) bond motifs is 1. The summed E-state index contributed by atoms with van der Waals surface area (Å²) in [6.07, 6.45) is 0. The SMILES string of the molecule is CCOC(=O)C(=O)N(Cc1ccccc1OC)c1ccccc1[N+](=O)[O-].O=c1c(=O)n(Cc2ccccc2Cl)c2c(Cl)cccc2n1O. The normalized spacial score (nSPS) is 10.5. The molecule has 248 valence electrons. The van der Waals surface area contributed by atoms with Crippen molar-refractivity contribution in [3.63, 3.8) is 0 Å². The third-order valence-corrected chi connectivity index (χ3v) is 7.63. The van der Waals surface area contributed by atoms with Crippen LogP contribution in [-0.2, 0) is 27.4 Å². The van der Waals surface area contributed by atoms with Gasteiger partial charge in [0.2, 0.25) is 0 Å². The van der Waals surface area contributed by atoms with Crippen LogP contribution in [0.5, 0.6) is 5.75 Å². The fourth-order valence-electron chi connectivity index (χ4n) is 4.73. The Morgan fingerprint density at radius 1 is 0.875 bits per heavy atom. The molecule has 5 rings (SSSR count). The van der Waals surface area contributed by atoms with Gasteiger partial charge in [-0.1, -0.05) is 77.8 Å². The monoisotopic (exact) mass is 694 g/mol. The van der Waals surface area contributed by atoms with Crippen molar-refractivity contribution in [3.05, 3.63) is 143 Å². The Bertz CT molecular complexity index is 2110. The maximum absolute atomic E-state index is 12.6. The maximum Gasteiger partial charge on any atom is 0.397 e. The molecule has 0 aliphatic carbocycles. The Morgan fingerprint density at radius 2 is 1.50 bits per heavy atom. The molecular formula is C33H28Cl2N4O9. The quantitative estimate of drug-likeness (QED) is 0.0731. The molecule has 0 saturated carbocycles. The zero-order valence-electron chi connectivity index (χ0n) is 25.5. The molecular weight excluding hydrogens is 667 g/mol. The summed E-state index contributed by atoms with van der Waals surface area (Å²) >= 11 is 12.3. The molecule has 5 aromatic rings. The molecule has 0 aliphatic heterocycles. The lowest BCUT2D eigenvalue weighted by Crippen LogP contribution is -2.41. The second-order valence-electron chi connectivity index (χ2n) is 9.88. The summed E-state index contributed by atoms with van der Waals surface area (Å²) in [4.78, 5) is 60.5. The Morgan fingerprint density at radius 3 is 2.17 bits per heavy atom. The number of methoxy groups -OCH3 is 1. The van der Waals surface area contributed by atoms with Crippen LogP contribution in [0.1, 0.15) is 18.1 Å². The molecule has 0 fully saturated rings. The molecule has 4 aromatic carbocycles. The van der Waals surface area contributed by atoms with Crippen molar-refractivity contribution in [3.8, 4) is 5.75 Å². The van der Waals surface area contributed by atoms with Crippen LogP contribution < -0.4 is 20.8 Å². The first-order valence-corrected chi connectivity index (χ1v) is 15.0. The Hall–Kier alpha value is -5.66. The van der Waals surface area contributed by atoms with Gasteiger partial charge in [-0.2, -0.15) is 0 Å². The standard InChI is InChI=1S/C18H18N2O6.C15H10Cl2N2O3/c1-3-26-18(22)17(21)19(12-13-8-4-7-11-16(13)25-2)14-9-5-6-10-15(14)20(23)24;16-10-5-2-1-4-9(10)8-18-13-11(17)6-3-7-12(13)19(22)15(21)14(18)20/h4-11H,3,12H2,1-2H3;1-7,22H,8H2. The summed E-state index contributed by atoms with van der Waals surface area (Å²) in [5.74, 6) is -1.58. The van der Waals surface area contributed by atoms with Crippen LogP contribution in [0, 0.1) is 10.1 Å². The van der Waals surface area contributed by atoms with Crippen molar-refractivity contribution < 1.29 is 29.2 Å². The lowest BCUT2D eigenvalue weighted by atomic mass is 10.1. The summed E-state index contributed by atoms with van der Waals surface area (Å²) < 4.78 is 11.6. The first-order chi connectivity index (χ1) is 23.0. The number of para-hydroxylation sites is 4. The molecule has 15 heteroatoms. The number of rotatable bonds is 8. The topological polar surface area (TPSA) is 163 Å². The molecule has 13 nitrogen and oxygen atoms in total. The van der Waals surface area contributed by atoms with Crippen LogP contribution in [0.3, 0.4) is 0 Å². The van der Waals surface area contributed by atoms with Gasteiger partial charge in [0.1, 0.15) is 17.0 Å². The number of nitro groups is 1. The van der Waals surface area contributed by atoms with Gasteiger partial charge in [0.25, 0.3) is 5.69 Å². The van der Waals surface area contributed by atoms with E-state index >= 15 is 0 Å². The van der Waals surface area contributed by atoms with E-state index in [0.717, 1.165) is 4.90 Å². The highest BCUT2D eigenvalue weighted by molar-refractivity contribution is 6.38. The zero-order valence-corrected chi connectivity index (χ0v) is 27.1. The zero-order chi connectivity index (χ0) is 35.0. The number of hydrogen-bond donors (Lipinski definition) is 1. The molecule has 0 radical (unpaired) electrons. The number of amides is 1. The molecule has 48 heavy (non-hydrogen) atoms. The average molecular weight is 696 g/mol. The summed E-state index contributed by atoms with van der Waals surface area (Å²) in [6, 6.07) is 24.3. The van der Waals surface area contributed by atoms with Gasteiger partial charge >= 0.3 is 23.0 Å². The molecule has 1 N–H and O–H groups in total. The molecule has 1 heterocycles. The Kier molecular flexibility index (Phi) is 11.6. The summed E-state index contributed by atoms with van der Waals surface area (Å²) in [7, 11) is 1.47. The predicted molar refractivity (Wildman–Crippen MR) is 179 cm³/mol. The second kappa shape index (κ2) is 15.8. The second-order valence-corrected chi connectivity index (χ2v) is 10.7. The van der Waals surface area contributed by atoms with E-state index < -0.39 is 27.9 Å². The summed E-state index contributed by atoms with van der Waals surface area (Å²) in [5.41, 5.74) is -0.514. The van der Waals surface area contributed by atoms with Crippen molar-refractivity contribution in [2.45, 2.75) is 20.0 Å². The van der Waals surface area contributed by atoms with Gasteiger partial charge in [0.15, 0.2) is 0 Å². The number of halogens is 2. The van der Waals surface area contributed by atoms with E-state index in [0.29, 0.717) is 26.6 Å². The van der Waals surface area contributed by atoms with E-state index in [1.165, 1.54) is 35.9 Å². The highest BCUT2D eigenvalue weighted by Gasteiger charge is 2.30. The first-order valence-electron chi connectivity index (χ1n) is 14.2. The van der Waals surface area contributed by atoms with Crippen LogP contribution in [0.4, 0.5) is 11.4 Å². The first kappa shape index (κ1) is 35.2. The minimum Gasteiger partial charge on any atom is -0.496 e. The van der Waals surface area contributed by atoms with E-state index in [2.05, 4.69) is 0 Å². The van der Waals surface area contributed by atoms with E-state index in [1.54, 1.807) is 73.7 Å². The van der Waals surface area contributed by atoms with E-state index in [1.807, 2.05) is 0 Å². The van der Waals surface area contributed by atoms with Gasteiger partial charge in [-0.3, -0.25) is 34.0 Å². The molecule has 0 unspecified atom stereocenters. The number of aromatic nitrogens is 2. The van der Waals surface area contributed by atoms with E-state index in [4.69, 9.17) is 32.7 Å². The van der Waals surface area contributed by atoms with Crippen molar-refractivity contribution in [1.82, 2.24) is 9.30 Å². The van der Waals surface area contributed by atoms with Gasteiger partial charge in [-0.15, -0.1) is 4.73 Å². The number of hydrogen-bond acceptors (Lipinski definition) is 9. The third kappa shape index (κ3) is 7.65. The van der Waals surface area contributed by atoms with E-state index in [9.17, 15) is 34.5 Å². The highest BCUT2D eigenvalue weighted by Crippen LogP contribution is 2.31. The molecule has 0 bridgehead atoms. The molecule has 0 aliphatic rings. The number of esters is 1. The van der Waals surface area contributed by atoms with Gasteiger partial charge < -0.3 is 14.7 Å². The predicted octanol–water partition coefficient (Wildman–Crippen LogP) is 5.46. The number of nitro benzene ring substituents is 1. The van der Waals surface area contributed by atoms with Gasteiger partial charge in [0, 0.05) is 16.7 Å². The smallest absolute Gasteiger partial charge is 0.397 e. The number of nitrogens with zero attached hydrogens (tertiary/aromatic N) is 4. The van der Waals surface area contributed by atoms with Gasteiger partial charge in [0.05, 0.1) is 42.3 Å². The summed E-state index contributed by atoms with van der Waals surface area (Å²) in [6.45, 7) is 1.58. The third-order valence-electron chi connectivity index (χ3n) is 6.96. The number of ether oxygens (including phenoxy) is 2. The molecule has 1 amide bonds. The highest BCUT2D eigenvalue weighted by atomic mass is 35.5. The van der Waals surface area contributed by atoms with Crippen molar-refractivity contribution >= 4 is 57.5 Å². The molecule has 0 saturated heterocycles. The fraction of sp³-hybridized carbons (Fsp3) is 0.152. The minimum absolute atomic E-state index is 0.00135. The van der Waals surface area contributed by atoms with Crippen LogP contribution in [0.25, 0.3) is 11.0 Å². The van der Waals surface area contributed by atoms with Crippen LogP contribution >= 0.6 is 23.2 Å². The van der Waals surface area contributed by atoms with Crippen molar-refractivity contribution in [2.75, 3.05) is 18.6 Å². The number of anilines is 1. The van der Waals surface area contributed by atoms with Crippen LogP contribution in [0.15, 0.2) is 101 Å². The average Bonchev–Trinajstić information content (AvgIpc) is 3.09. The number of carbonyl (C=O) groups excluding carboxylic acids is 2. The lowest BCUT2D eigenvalue weighted by molar-refractivity contribution is -0.384. The fourth-order valence-corrected chi connectivity index (χ4v) is 5.19. The van der Waals surface area contributed by atoms with Gasteiger partial charge in [-0.05, 0) is 42.8 Å². The Labute approximate surface area is 282 Å².